The monoisotopic (exact) mass is 285 g/mol. The summed E-state index contributed by atoms with van der Waals surface area (Å²) in [5.74, 6) is 0.728. The Balaban J connectivity index is 1.52. The lowest BCUT2D eigenvalue weighted by Crippen LogP contribution is -2.41. The van der Waals surface area contributed by atoms with Gasteiger partial charge in [0.05, 0.1) is 0 Å². The molecular weight excluding hydrogens is 266 g/mol. The fourth-order valence-corrected chi connectivity index (χ4v) is 3.08. The summed E-state index contributed by atoms with van der Waals surface area (Å²) in [4.78, 5) is 0. The van der Waals surface area contributed by atoms with Crippen LogP contribution in [0.2, 0.25) is 5.02 Å². The van der Waals surface area contributed by atoms with Crippen LogP contribution < -0.4 is 5.32 Å². The molecule has 1 aliphatic rings. The maximum Gasteiger partial charge on any atom is 0.0406 e. The van der Waals surface area contributed by atoms with Crippen molar-refractivity contribution in [1.29, 1.82) is 0 Å². The van der Waals surface area contributed by atoms with Crippen LogP contribution in [0.5, 0.6) is 0 Å². The number of halogens is 1. The molecule has 1 aliphatic carbocycles. The number of hydrogen-bond donors (Lipinski definition) is 1. The fourth-order valence-electron chi connectivity index (χ4n) is 2.95. The van der Waals surface area contributed by atoms with Crippen LogP contribution in [0.1, 0.15) is 42.9 Å². The van der Waals surface area contributed by atoms with Crippen molar-refractivity contribution in [1.82, 2.24) is 5.32 Å². The van der Waals surface area contributed by atoms with Gasteiger partial charge < -0.3 is 5.32 Å². The Morgan fingerprint density at radius 1 is 1.00 bits per heavy atom. The summed E-state index contributed by atoms with van der Waals surface area (Å²) >= 11 is 5.93. The smallest absolute Gasteiger partial charge is 0.0406 e. The zero-order valence-electron chi connectivity index (χ0n) is 11.7. The van der Waals surface area contributed by atoms with Gasteiger partial charge in [0.15, 0.2) is 0 Å². The van der Waals surface area contributed by atoms with E-state index in [0.29, 0.717) is 12.1 Å². The molecular formula is C18H20ClN. The van der Waals surface area contributed by atoms with Gasteiger partial charge in [0.1, 0.15) is 0 Å². The van der Waals surface area contributed by atoms with Crippen molar-refractivity contribution < 1.29 is 0 Å². The SMILES string of the molecule is C[C@@H](NC1CC(c2ccccc2)C1)c1ccc(Cl)cc1. The van der Waals surface area contributed by atoms with E-state index in [1.807, 2.05) is 12.1 Å². The van der Waals surface area contributed by atoms with Crippen molar-refractivity contribution >= 4 is 11.6 Å². The Labute approximate surface area is 126 Å². The van der Waals surface area contributed by atoms with Crippen molar-refractivity contribution in [3.8, 4) is 0 Å². The lowest BCUT2D eigenvalue weighted by molar-refractivity contribution is 0.271. The van der Waals surface area contributed by atoms with Crippen LogP contribution in [0.3, 0.4) is 0 Å². The first-order valence-electron chi connectivity index (χ1n) is 7.29. The van der Waals surface area contributed by atoms with Crippen LogP contribution >= 0.6 is 11.6 Å². The van der Waals surface area contributed by atoms with Crippen LogP contribution in [0.15, 0.2) is 54.6 Å². The predicted molar refractivity (Wildman–Crippen MR) is 85.2 cm³/mol. The van der Waals surface area contributed by atoms with Crippen molar-refractivity contribution in [3.63, 3.8) is 0 Å². The normalized spacial score (nSPS) is 23.1. The third-order valence-corrected chi connectivity index (χ3v) is 4.52. The van der Waals surface area contributed by atoms with Crippen LogP contribution in [0, 0.1) is 0 Å². The van der Waals surface area contributed by atoms with Gasteiger partial charge in [-0.3, -0.25) is 0 Å². The molecule has 0 saturated heterocycles. The Bertz CT molecular complexity index is 543. The van der Waals surface area contributed by atoms with Gasteiger partial charge in [0.25, 0.3) is 0 Å². The largest absolute Gasteiger partial charge is 0.307 e. The Hall–Kier alpha value is -1.31. The summed E-state index contributed by atoms with van der Waals surface area (Å²) in [6.45, 7) is 2.22. The molecule has 0 unspecified atom stereocenters. The standard InChI is InChI=1S/C18H20ClN/c1-13(14-7-9-17(19)10-8-14)20-18-11-16(12-18)15-5-3-2-4-6-15/h2-10,13,16,18,20H,11-12H2,1H3/t13-,16?,18?/m1/s1. The molecule has 0 bridgehead atoms. The number of nitrogens with one attached hydrogen (secondary N) is 1. The second kappa shape index (κ2) is 5.99. The second-order valence-electron chi connectivity index (χ2n) is 5.72. The minimum atomic E-state index is 0.383. The summed E-state index contributed by atoms with van der Waals surface area (Å²) in [6.07, 6.45) is 2.48. The quantitative estimate of drug-likeness (QED) is 0.839. The number of benzene rings is 2. The summed E-state index contributed by atoms with van der Waals surface area (Å²) in [7, 11) is 0. The van der Waals surface area contributed by atoms with Gasteiger partial charge >= 0.3 is 0 Å². The molecule has 20 heavy (non-hydrogen) atoms. The molecule has 0 aromatic heterocycles. The molecule has 0 radical (unpaired) electrons. The maximum absolute atomic E-state index is 5.93. The first kappa shape index (κ1) is 13.7. The van der Waals surface area contributed by atoms with Crippen molar-refractivity contribution in [3.05, 3.63) is 70.7 Å². The highest BCUT2D eigenvalue weighted by molar-refractivity contribution is 6.30. The Morgan fingerprint density at radius 2 is 1.65 bits per heavy atom. The first-order valence-corrected chi connectivity index (χ1v) is 7.66. The molecule has 2 aromatic rings. The average Bonchev–Trinajstić information content (AvgIpc) is 2.44. The lowest BCUT2D eigenvalue weighted by Gasteiger charge is -2.38. The van der Waals surface area contributed by atoms with Crippen LogP contribution in [-0.2, 0) is 0 Å². The highest BCUT2D eigenvalue weighted by Gasteiger charge is 2.30. The number of hydrogen-bond acceptors (Lipinski definition) is 1. The molecule has 104 valence electrons. The molecule has 2 aromatic carbocycles. The third kappa shape index (κ3) is 3.05. The van der Waals surface area contributed by atoms with Gasteiger partial charge in [-0.05, 0) is 48.9 Å². The highest BCUT2D eigenvalue weighted by atomic mass is 35.5. The Kier molecular flexibility index (Phi) is 4.09. The lowest BCUT2D eigenvalue weighted by atomic mass is 9.75. The van der Waals surface area contributed by atoms with Gasteiger partial charge in [-0.15, -0.1) is 0 Å². The van der Waals surface area contributed by atoms with Gasteiger partial charge in [-0.25, -0.2) is 0 Å². The van der Waals surface area contributed by atoms with Gasteiger partial charge in [0.2, 0.25) is 0 Å². The summed E-state index contributed by atoms with van der Waals surface area (Å²) in [5, 5.41) is 4.51. The zero-order chi connectivity index (χ0) is 13.9. The molecule has 0 heterocycles. The topological polar surface area (TPSA) is 12.0 Å². The van der Waals surface area contributed by atoms with Crippen LogP contribution in [0.4, 0.5) is 0 Å². The van der Waals surface area contributed by atoms with Crippen molar-refractivity contribution in [2.75, 3.05) is 0 Å². The zero-order valence-corrected chi connectivity index (χ0v) is 12.5. The molecule has 3 rings (SSSR count). The molecule has 2 heteroatoms. The van der Waals surface area contributed by atoms with Crippen molar-refractivity contribution in [2.45, 2.75) is 37.8 Å². The van der Waals surface area contributed by atoms with E-state index >= 15 is 0 Å². The minimum absolute atomic E-state index is 0.383. The first-order chi connectivity index (χ1) is 9.72. The summed E-state index contributed by atoms with van der Waals surface area (Å²) in [5.41, 5.74) is 2.78. The molecule has 1 atom stereocenters. The van der Waals surface area contributed by atoms with E-state index in [4.69, 9.17) is 11.6 Å². The van der Waals surface area contributed by atoms with E-state index in [0.717, 1.165) is 10.9 Å². The fraction of sp³-hybridized carbons (Fsp3) is 0.333. The van der Waals surface area contributed by atoms with E-state index in [2.05, 4.69) is 54.7 Å². The van der Waals surface area contributed by atoms with E-state index in [1.54, 1.807) is 0 Å². The van der Waals surface area contributed by atoms with Gasteiger partial charge in [0, 0.05) is 17.1 Å². The van der Waals surface area contributed by atoms with Gasteiger partial charge in [-0.1, -0.05) is 54.1 Å². The van der Waals surface area contributed by atoms with E-state index in [-0.39, 0.29) is 0 Å². The molecule has 1 fully saturated rings. The highest BCUT2D eigenvalue weighted by Crippen LogP contribution is 2.37. The number of rotatable bonds is 4. The maximum atomic E-state index is 5.93. The molecule has 0 aliphatic heterocycles. The van der Waals surface area contributed by atoms with Crippen LogP contribution in [-0.4, -0.2) is 6.04 Å². The predicted octanol–water partition coefficient (Wildman–Crippen LogP) is 4.94. The Morgan fingerprint density at radius 3 is 2.30 bits per heavy atom. The molecule has 1 saturated carbocycles. The molecule has 1 N–H and O–H groups in total. The van der Waals surface area contributed by atoms with Gasteiger partial charge in [-0.2, -0.15) is 0 Å². The van der Waals surface area contributed by atoms with E-state index in [9.17, 15) is 0 Å². The molecule has 0 amide bonds. The second-order valence-corrected chi connectivity index (χ2v) is 6.15. The summed E-state index contributed by atoms with van der Waals surface area (Å²) < 4.78 is 0. The average molecular weight is 286 g/mol. The molecule has 1 nitrogen and oxygen atoms in total. The van der Waals surface area contributed by atoms with Crippen LogP contribution in [0.25, 0.3) is 0 Å². The minimum Gasteiger partial charge on any atom is -0.307 e. The van der Waals surface area contributed by atoms with E-state index in [1.165, 1.54) is 24.0 Å². The van der Waals surface area contributed by atoms with E-state index < -0.39 is 0 Å². The third-order valence-electron chi connectivity index (χ3n) is 4.26. The van der Waals surface area contributed by atoms with Crippen molar-refractivity contribution in [2.24, 2.45) is 0 Å². The molecule has 0 spiro atoms. The summed E-state index contributed by atoms with van der Waals surface area (Å²) in [6, 6.07) is 20.0.